The van der Waals surface area contributed by atoms with Gasteiger partial charge in [-0.1, -0.05) is 6.58 Å². The van der Waals surface area contributed by atoms with Gasteiger partial charge in [-0.05, 0) is 24.6 Å². The molecule has 0 unspecified atom stereocenters. The molecule has 0 bridgehead atoms. The highest BCUT2D eigenvalue weighted by Crippen LogP contribution is 2.27. The molecule has 5 heteroatoms. The number of ketones is 1. The highest BCUT2D eigenvalue weighted by atomic mass is 16.4. The highest BCUT2D eigenvalue weighted by molar-refractivity contribution is 6.11. The lowest BCUT2D eigenvalue weighted by molar-refractivity contribution is 0.103. The average molecular weight is 246 g/mol. The second-order valence-electron chi connectivity index (χ2n) is 3.94. The molecule has 2 N–H and O–H groups in total. The summed E-state index contributed by atoms with van der Waals surface area (Å²) in [6.45, 7) is 5.02. The van der Waals surface area contributed by atoms with Crippen LogP contribution < -0.4 is 5.63 Å². The Morgan fingerprint density at radius 1 is 1.22 bits per heavy atom. The summed E-state index contributed by atoms with van der Waals surface area (Å²) in [5, 5.41) is 19.3. The van der Waals surface area contributed by atoms with Crippen molar-refractivity contribution in [2.45, 2.75) is 6.92 Å². The van der Waals surface area contributed by atoms with E-state index in [1.54, 1.807) is 0 Å². The van der Waals surface area contributed by atoms with Crippen molar-refractivity contribution in [2.24, 2.45) is 0 Å². The van der Waals surface area contributed by atoms with Gasteiger partial charge in [0.1, 0.15) is 11.3 Å². The van der Waals surface area contributed by atoms with Crippen molar-refractivity contribution in [3.05, 3.63) is 46.3 Å². The van der Waals surface area contributed by atoms with Gasteiger partial charge in [0.25, 0.3) is 0 Å². The van der Waals surface area contributed by atoms with E-state index in [-0.39, 0.29) is 22.5 Å². The summed E-state index contributed by atoms with van der Waals surface area (Å²) >= 11 is 0. The van der Waals surface area contributed by atoms with E-state index in [0.717, 1.165) is 6.07 Å². The van der Waals surface area contributed by atoms with Crippen LogP contribution in [0.4, 0.5) is 0 Å². The van der Waals surface area contributed by atoms with E-state index in [1.165, 1.54) is 19.1 Å². The first-order valence-electron chi connectivity index (χ1n) is 5.10. The van der Waals surface area contributed by atoms with Crippen molar-refractivity contribution in [3.8, 4) is 11.5 Å². The molecule has 0 aliphatic carbocycles. The first-order valence-corrected chi connectivity index (χ1v) is 5.10. The summed E-state index contributed by atoms with van der Waals surface area (Å²) < 4.78 is 4.77. The molecule has 2 rings (SSSR count). The number of carbonyl (C=O) groups is 1. The topological polar surface area (TPSA) is 87.7 Å². The molecule has 0 saturated carbocycles. The van der Waals surface area contributed by atoms with Gasteiger partial charge in [0.2, 0.25) is 5.75 Å². The van der Waals surface area contributed by atoms with Crippen molar-refractivity contribution in [2.75, 3.05) is 0 Å². The number of carbonyl (C=O) groups excluding carboxylic acids is 1. The molecule has 0 aliphatic heterocycles. The van der Waals surface area contributed by atoms with E-state index in [0.29, 0.717) is 5.39 Å². The van der Waals surface area contributed by atoms with Crippen molar-refractivity contribution >= 4 is 16.8 Å². The Labute approximate surface area is 102 Å². The Hall–Kier alpha value is -2.56. The number of aromatic hydroxyl groups is 2. The van der Waals surface area contributed by atoms with Crippen LogP contribution in [0.3, 0.4) is 0 Å². The SMILES string of the molecule is C=C(C)C(=O)c1cc2cc(O)c(=O)oc2cc1O. The van der Waals surface area contributed by atoms with Gasteiger partial charge in [-0.15, -0.1) is 0 Å². The second-order valence-corrected chi connectivity index (χ2v) is 3.94. The maximum atomic E-state index is 11.7. The van der Waals surface area contributed by atoms with Crippen LogP contribution >= 0.6 is 0 Å². The number of phenolic OH excluding ortho intramolecular Hbond substituents is 1. The van der Waals surface area contributed by atoms with Crippen molar-refractivity contribution in [1.29, 1.82) is 0 Å². The lowest BCUT2D eigenvalue weighted by Gasteiger charge is -2.05. The van der Waals surface area contributed by atoms with Gasteiger partial charge in [-0.2, -0.15) is 0 Å². The van der Waals surface area contributed by atoms with Gasteiger partial charge < -0.3 is 14.6 Å². The smallest absolute Gasteiger partial charge is 0.378 e. The van der Waals surface area contributed by atoms with Crippen LogP contribution in [-0.2, 0) is 0 Å². The maximum Gasteiger partial charge on any atom is 0.378 e. The summed E-state index contributed by atoms with van der Waals surface area (Å²) in [6, 6.07) is 3.67. The Morgan fingerprint density at radius 3 is 2.50 bits per heavy atom. The molecule has 5 nitrogen and oxygen atoms in total. The fourth-order valence-electron chi connectivity index (χ4n) is 1.56. The van der Waals surface area contributed by atoms with Crippen molar-refractivity contribution in [1.82, 2.24) is 0 Å². The maximum absolute atomic E-state index is 11.7. The molecule has 0 fully saturated rings. The first kappa shape index (κ1) is 11.9. The average Bonchev–Trinajstić information content (AvgIpc) is 2.29. The molecule has 0 radical (unpaired) electrons. The summed E-state index contributed by atoms with van der Waals surface area (Å²) in [4.78, 5) is 22.8. The summed E-state index contributed by atoms with van der Waals surface area (Å²) in [6.07, 6.45) is 0. The van der Waals surface area contributed by atoms with Gasteiger partial charge in [0.15, 0.2) is 5.78 Å². The van der Waals surface area contributed by atoms with E-state index in [1.807, 2.05) is 0 Å². The summed E-state index contributed by atoms with van der Waals surface area (Å²) in [5.74, 6) is -1.27. The number of phenols is 1. The molecule has 0 saturated heterocycles. The second kappa shape index (κ2) is 4.03. The van der Waals surface area contributed by atoms with E-state index in [4.69, 9.17) is 4.42 Å². The molecular weight excluding hydrogens is 236 g/mol. The van der Waals surface area contributed by atoms with Crippen LogP contribution in [0.15, 0.2) is 39.6 Å². The van der Waals surface area contributed by atoms with Crippen LogP contribution in [-0.4, -0.2) is 16.0 Å². The van der Waals surface area contributed by atoms with Crippen LogP contribution in [0.25, 0.3) is 11.0 Å². The van der Waals surface area contributed by atoms with Crippen LogP contribution in [0, 0.1) is 0 Å². The van der Waals surface area contributed by atoms with Crippen LogP contribution in [0.2, 0.25) is 0 Å². The Balaban J connectivity index is 2.76. The van der Waals surface area contributed by atoms with E-state index in [9.17, 15) is 19.8 Å². The molecule has 0 atom stereocenters. The van der Waals surface area contributed by atoms with Crippen LogP contribution in [0.5, 0.6) is 11.5 Å². The molecule has 18 heavy (non-hydrogen) atoms. The number of benzene rings is 1. The fraction of sp³-hybridized carbons (Fsp3) is 0.0769. The van der Waals surface area contributed by atoms with E-state index < -0.39 is 17.2 Å². The highest BCUT2D eigenvalue weighted by Gasteiger charge is 2.15. The number of fused-ring (bicyclic) bond motifs is 1. The predicted octanol–water partition coefficient (Wildman–Crippen LogP) is 1.96. The lowest BCUT2D eigenvalue weighted by Crippen LogP contribution is -2.02. The molecule has 0 aliphatic rings. The summed E-state index contributed by atoms with van der Waals surface area (Å²) in [7, 11) is 0. The Bertz CT molecular complexity index is 724. The normalized spacial score (nSPS) is 10.5. The number of allylic oxidation sites excluding steroid dienone is 1. The van der Waals surface area contributed by atoms with Gasteiger partial charge in [0.05, 0.1) is 5.56 Å². The van der Waals surface area contributed by atoms with E-state index in [2.05, 4.69) is 6.58 Å². The third kappa shape index (κ3) is 1.86. The van der Waals surface area contributed by atoms with Gasteiger partial charge >= 0.3 is 5.63 Å². The minimum atomic E-state index is -0.902. The molecular formula is C13H10O5. The van der Waals surface area contributed by atoms with Crippen molar-refractivity contribution < 1.29 is 19.4 Å². The molecule has 1 aromatic carbocycles. The zero-order chi connectivity index (χ0) is 13.4. The molecule has 1 aromatic heterocycles. The Morgan fingerprint density at radius 2 is 1.89 bits per heavy atom. The quantitative estimate of drug-likeness (QED) is 0.480. The van der Waals surface area contributed by atoms with Gasteiger partial charge in [-0.25, -0.2) is 4.79 Å². The molecule has 0 spiro atoms. The van der Waals surface area contributed by atoms with Gasteiger partial charge in [0, 0.05) is 11.5 Å². The molecule has 92 valence electrons. The zero-order valence-electron chi connectivity index (χ0n) is 9.56. The van der Waals surface area contributed by atoms with Crippen molar-refractivity contribution in [3.63, 3.8) is 0 Å². The zero-order valence-corrected chi connectivity index (χ0v) is 9.56. The number of Topliss-reactive ketones (excluding diaryl/α,β-unsaturated/α-hetero) is 1. The number of hydrogen-bond acceptors (Lipinski definition) is 5. The third-order valence-corrected chi connectivity index (χ3v) is 2.46. The fourth-order valence-corrected chi connectivity index (χ4v) is 1.56. The van der Waals surface area contributed by atoms with Gasteiger partial charge in [-0.3, -0.25) is 4.79 Å². The van der Waals surface area contributed by atoms with Crippen LogP contribution in [0.1, 0.15) is 17.3 Å². The first-order chi connectivity index (χ1) is 8.40. The third-order valence-electron chi connectivity index (χ3n) is 2.46. The monoisotopic (exact) mass is 246 g/mol. The lowest BCUT2D eigenvalue weighted by atomic mass is 10.0. The standard InChI is InChI=1S/C13H10O5/c1-6(2)12(16)8-3-7-4-10(15)13(17)18-11(7)5-9(8)14/h3-5,14-15H,1H2,2H3. The largest absolute Gasteiger partial charge is 0.507 e. The molecule has 1 heterocycles. The number of rotatable bonds is 2. The molecule has 2 aromatic rings. The minimum absolute atomic E-state index is 0.0447. The number of hydrogen-bond donors (Lipinski definition) is 2. The van der Waals surface area contributed by atoms with E-state index >= 15 is 0 Å². The summed E-state index contributed by atoms with van der Waals surface area (Å²) in [5.41, 5.74) is -0.496. The Kier molecular flexibility index (Phi) is 2.67. The predicted molar refractivity (Wildman–Crippen MR) is 65.0 cm³/mol. The minimum Gasteiger partial charge on any atom is -0.507 e. The molecule has 0 amide bonds.